The molecule has 12 heteroatoms. The van der Waals surface area contributed by atoms with Crippen molar-refractivity contribution in [3.05, 3.63) is 117 Å². The third kappa shape index (κ3) is 6.88. The van der Waals surface area contributed by atoms with E-state index in [0.717, 1.165) is 36.8 Å². The molecular weight excluding hydrogens is 681 g/mol. The first-order valence-corrected chi connectivity index (χ1v) is 19.1. The number of rotatable bonds is 9. The van der Waals surface area contributed by atoms with Crippen LogP contribution in [0.15, 0.2) is 101 Å². The minimum absolute atomic E-state index is 0.0678. The maximum absolute atomic E-state index is 14.2. The number of fused-ring (bicyclic) bond motifs is 1. The predicted molar refractivity (Wildman–Crippen MR) is 201 cm³/mol. The van der Waals surface area contributed by atoms with E-state index in [4.69, 9.17) is 4.74 Å². The summed E-state index contributed by atoms with van der Waals surface area (Å²) in [7, 11) is 1.62. The van der Waals surface area contributed by atoms with Crippen molar-refractivity contribution < 1.29 is 14.6 Å². The van der Waals surface area contributed by atoms with Gasteiger partial charge >= 0.3 is 0 Å². The Kier molecular flexibility index (Phi) is 9.32. The summed E-state index contributed by atoms with van der Waals surface area (Å²) in [6.45, 7) is 3.45. The van der Waals surface area contributed by atoms with E-state index >= 15 is 0 Å². The van der Waals surface area contributed by atoms with Gasteiger partial charge in [0.05, 0.1) is 30.3 Å². The van der Waals surface area contributed by atoms with Crippen molar-refractivity contribution in [2.24, 2.45) is 5.92 Å². The molecule has 0 saturated carbocycles. The van der Waals surface area contributed by atoms with Gasteiger partial charge in [-0.2, -0.15) is 11.3 Å². The quantitative estimate of drug-likeness (QED) is 0.194. The van der Waals surface area contributed by atoms with Gasteiger partial charge in [0.25, 0.3) is 5.56 Å². The second-order valence-corrected chi connectivity index (χ2v) is 15.5. The Balaban J connectivity index is 0.932. The summed E-state index contributed by atoms with van der Waals surface area (Å²) in [6.07, 6.45) is 6.88. The number of carbonyl (C=O) groups is 1. The molecular formula is C39H40N6O4S2. The molecule has 2 aromatic carbocycles. The van der Waals surface area contributed by atoms with E-state index in [0.29, 0.717) is 42.7 Å². The van der Waals surface area contributed by atoms with Crippen LogP contribution in [0.1, 0.15) is 35.6 Å². The van der Waals surface area contributed by atoms with Gasteiger partial charge in [0, 0.05) is 72.3 Å². The summed E-state index contributed by atoms with van der Waals surface area (Å²) in [6, 6.07) is 21.8. The maximum Gasteiger partial charge on any atom is 0.262 e. The Hall–Kier alpha value is -4.62. The first-order valence-electron chi connectivity index (χ1n) is 17.3. The normalized spacial score (nSPS) is 19.4. The molecule has 0 aliphatic carbocycles. The SMILES string of the molecule is COc1cccc(-n2ccc3c(=O)n(CC4(O)CCN(C(=O)[C@@H]5CCN(Cc6cnc(-c7ccsc7)s6)C[C@H]5c5ccccc5)CC4)cnc32)c1. The number of thiophene rings is 1. The summed E-state index contributed by atoms with van der Waals surface area (Å²) in [5.74, 6) is 0.798. The van der Waals surface area contributed by atoms with Gasteiger partial charge < -0.3 is 19.3 Å². The van der Waals surface area contributed by atoms with Crippen molar-refractivity contribution in [1.82, 2.24) is 28.9 Å². The van der Waals surface area contributed by atoms with Crippen molar-refractivity contribution in [1.29, 1.82) is 0 Å². The first kappa shape index (κ1) is 33.5. The van der Waals surface area contributed by atoms with Gasteiger partial charge in [0.1, 0.15) is 17.1 Å². The summed E-state index contributed by atoms with van der Waals surface area (Å²) in [5.41, 5.74) is 2.41. The molecule has 51 heavy (non-hydrogen) atoms. The van der Waals surface area contributed by atoms with E-state index in [1.807, 2.05) is 52.2 Å². The molecule has 10 nitrogen and oxygen atoms in total. The third-order valence-corrected chi connectivity index (χ3v) is 12.1. The molecule has 8 rings (SSSR count). The van der Waals surface area contributed by atoms with Gasteiger partial charge in [0.2, 0.25) is 5.91 Å². The topological polar surface area (TPSA) is 106 Å². The van der Waals surface area contributed by atoms with Crippen LogP contribution < -0.4 is 10.3 Å². The van der Waals surface area contributed by atoms with Crippen molar-refractivity contribution in [2.75, 3.05) is 33.3 Å². The number of likely N-dealkylation sites (tertiary alicyclic amines) is 2. The number of hydrogen-bond acceptors (Lipinski definition) is 9. The lowest BCUT2D eigenvalue weighted by Crippen LogP contribution is -2.53. The number of ether oxygens (including phenoxy) is 1. The van der Waals surface area contributed by atoms with Crippen LogP contribution >= 0.6 is 22.7 Å². The summed E-state index contributed by atoms with van der Waals surface area (Å²) in [5, 5.41) is 17.4. The Morgan fingerprint density at radius 3 is 2.67 bits per heavy atom. The van der Waals surface area contributed by atoms with Crippen LogP contribution in [0.25, 0.3) is 27.3 Å². The summed E-state index contributed by atoms with van der Waals surface area (Å²) in [4.78, 5) is 42.7. The maximum atomic E-state index is 14.2. The van der Waals surface area contributed by atoms with Crippen LogP contribution in [-0.4, -0.2) is 78.8 Å². The minimum atomic E-state index is -1.12. The second kappa shape index (κ2) is 14.2. The van der Waals surface area contributed by atoms with Crippen LogP contribution in [0.4, 0.5) is 0 Å². The summed E-state index contributed by atoms with van der Waals surface area (Å²) >= 11 is 3.42. The zero-order chi connectivity index (χ0) is 35.0. The van der Waals surface area contributed by atoms with E-state index in [1.54, 1.807) is 35.8 Å². The van der Waals surface area contributed by atoms with Crippen LogP contribution in [0.2, 0.25) is 0 Å². The van der Waals surface area contributed by atoms with E-state index in [2.05, 4.69) is 56.0 Å². The monoisotopic (exact) mass is 720 g/mol. The lowest BCUT2D eigenvalue weighted by atomic mass is 9.79. The van der Waals surface area contributed by atoms with Crippen molar-refractivity contribution >= 4 is 39.6 Å². The van der Waals surface area contributed by atoms with Gasteiger partial charge in [0.15, 0.2) is 5.65 Å². The van der Waals surface area contributed by atoms with E-state index in [9.17, 15) is 14.7 Å². The zero-order valence-corrected chi connectivity index (χ0v) is 30.1. The fourth-order valence-corrected chi connectivity index (χ4v) is 9.27. The highest BCUT2D eigenvalue weighted by molar-refractivity contribution is 7.15. The van der Waals surface area contributed by atoms with Gasteiger partial charge in [-0.25, -0.2) is 9.97 Å². The number of piperidine rings is 2. The number of aliphatic hydroxyl groups is 1. The molecule has 6 heterocycles. The molecule has 1 amide bonds. The van der Waals surface area contributed by atoms with Gasteiger partial charge in [-0.1, -0.05) is 36.4 Å². The molecule has 262 valence electrons. The van der Waals surface area contributed by atoms with E-state index < -0.39 is 5.60 Å². The minimum Gasteiger partial charge on any atom is -0.497 e. The molecule has 2 saturated heterocycles. The highest BCUT2D eigenvalue weighted by Gasteiger charge is 2.41. The fourth-order valence-electron chi connectivity index (χ4n) is 7.61. The molecule has 6 aromatic rings. The summed E-state index contributed by atoms with van der Waals surface area (Å²) < 4.78 is 8.73. The smallest absolute Gasteiger partial charge is 0.262 e. The Morgan fingerprint density at radius 2 is 1.88 bits per heavy atom. The number of hydrogen-bond donors (Lipinski definition) is 1. The van der Waals surface area contributed by atoms with Gasteiger partial charge in [-0.3, -0.25) is 19.1 Å². The highest BCUT2D eigenvalue weighted by Crippen LogP contribution is 2.37. The molecule has 2 atom stereocenters. The highest BCUT2D eigenvalue weighted by atomic mass is 32.1. The Morgan fingerprint density at radius 1 is 1.04 bits per heavy atom. The van der Waals surface area contributed by atoms with Gasteiger partial charge in [-0.15, -0.1) is 11.3 Å². The number of carbonyl (C=O) groups excluding carboxylic acids is 1. The molecule has 1 N–H and O–H groups in total. The largest absolute Gasteiger partial charge is 0.497 e. The number of nitrogens with zero attached hydrogens (tertiary/aromatic N) is 6. The Bertz CT molecular complexity index is 2190. The molecule has 2 fully saturated rings. The molecule has 0 unspecified atom stereocenters. The number of benzene rings is 2. The van der Waals surface area contributed by atoms with E-state index in [-0.39, 0.29) is 29.8 Å². The predicted octanol–water partition coefficient (Wildman–Crippen LogP) is 6.04. The number of aromatic nitrogens is 4. The van der Waals surface area contributed by atoms with E-state index in [1.165, 1.54) is 26.9 Å². The fraction of sp³-hybridized carbons (Fsp3) is 0.333. The van der Waals surface area contributed by atoms with Gasteiger partial charge in [-0.05, 0) is 61.0 Å². The number of methoxy groups -OCH3 is 1. The lowest BCUT2D eigenvalue weighted by Gasteiger charge is -2.43. The molecule has 0 spiro atoms. The number of thiazole rings is 1. The van der Waals surface area contributed by atoms with Crippen molar-refractivity contribution in [3.63, 3.8) is 0 Å². The zero-order valence-electron chi connectivity index (χ0n) is 28.4. The standard InChI is InChI=1S/C39H40N6O4S2/c1-49-30-9-5-8-29(20-30)45-16-11-33-35(45)41-26-44(38(33)47)25-39(48)13-17-43(18-14-39)37(46)32-10-15-42(23-34(32)27-6-3-2-4-7-27)22-31-21-40-36(51-31)28-12-19-50-24-28/h2-9,11-12,16,19-21,24,26,32,34,48H,10,13-15,17-18,22-23,25H2,1H3/t32-,34+/m1/s1. The van der Waals surface area contributed by atoms with Crippen molar-refractivity contribution in [2.45, 2.75) is 43.9 Å². The Labute approximate surface area is 304 Å². The molecule has 0 bridgehead atoms. The molecule has 2 aliphatic heterocycles. The van der Waals surface area contributed by atoms with Crippen molar-refractivity contribution in [3.8, 4) is 22.0 Å². The lowest BCUT2D eigenvalue weighted by molar-refractivity contribution is -0.142. The average Bonchev–Trinajstić information content (AvgIpc) is 3.95. The van der Waals surface area contributed by atoms with Crippen LogP contribution in [-0.2, 0) is 17.9 Å². The molecule has 2 aliphatic rings. The van der Waals surface area contributed by atoms with Crippen LogP contribution in [0, 0.1) is 5.92 Å². The average molecular weight is 721 g/mol. The third-order valence-electron chi connectivity index (χ3n) is 10.4. The van der Waals surface area contributed by atoms with Crippen LogP contribution in [0.5, 0.6) is 5.75 Å². The first-order chi connectivity index (χ1) is 24.9. The second-order valence-electron chi connectivity index (χ2n) is 13.6. The molecule has 0 radical (unpaired) electrons. The van der Waals surface area contributed by atoms with Crippen LogP contribution in [0.3, 0.4) is 0 Å². The number of amides is 1. The molecule has 4 aromatic heterocycles.